The maximum absolute atomic E-state index is 13.5. The molecule has 0 aromatic heterocycles. The molecule has 29 heavy (non-hydrogen) atoms. The minimum absolute atomic E-state index is 0.00894. The highest BCUT2D eigenvalue weighted by Crippen LogP contribution is 2.44. The zero-order chi connectivity index (χ0) is 20.4. The first-order valence-corrected chi connectivity index (χ1v) is 9.62. The standard InChI is InChI=1S/C24H22FNO3/c1-15(12-16-10-11-23(27)22(25)13-16)26-24(28)29-14-21-19-8-4-2-6-17(19)18-7-3-5-9-20(18)21/h2-11,13,15,21,27H,12,14H2,1H3,(H,26,28)/t15-/m1/s1. The Morgan fingerprint density at radius 2 is 1.69 bits per heavy atom. The summed E-state index contributed by atoms with van der Waals surface area (Å²) in [6.45, 7) is 2.08. The quantitative estimate of drug-likeness (QED) is 0.643. The summed E-state index contributed by atoms with van der Waals surface area (Å²) in [4.78, 5) is 12.3. The minimum atomic E-state index is -0.671. The summed E-state index contributed by atoms with van der Waals surface area (Å²) < 4.78 is 19.0. The minimum Gasteiger partial charge on any atom is -0.505 e. The summed E-state index contributed by atoms with van der Waals surface area (Å²) in [5.74, 6) is -1.05. The van der Waals surface area contributed by atoms with Crippen LogP contribution in [0.2, 0.25) is 0 Å². The van der Waals surface area contributed by atoms with Crippen molar-refractivity contribution >= 4 is 6.09 Å². The first kappa shape index (κ1) is 19.0. The number of amides is 1. The molecule has 0 aliphatic heterocycles. The van der Waals surface area contributed by atoms with Gasteiger partial charge in [-0.2, -0.15) is 0 Å². The van der Waals surface area contributed by atoms with Gasteiger partial charge in [0.25, 0.3) is 0 Å². The number of fused-ring (bicyclic) bond motifs is 3. The number of carbonyl (C=O) groups is 1. The number of nitrogens with one attached hydrogen (secondary N) is 1. The molecular formula is C24H22FNO3. The highest BCUT2D eigenvalue weighted by Gasteiger charge is 2.29. The van der Waals surface area contributed by atoms with Crippen molar-refractivity contribution in [1.82, 2.24) is 5.32 Å². The van der Waals surface area contributed by atoms with Crippen LogP contribution < -0.4 is 5.32 Å². The molecule has 148 valence electrons. The fraction of sp³-hybridized carbons (Fsp3) is 0.208. The van der Waals surface area contributed by atoms with Gasteiger partial charge >= 0.3 is 6.09 Å². The van der Waals surface area contributed by atoms with E-state index < -0.39 is 11.9 Å². The highest BCUT2D eigenvalue weighted by molar-refractivity contribution is 5.79. The molecule has 0 bridgehead atoms. The normalized spacial score (nSPS) is 13.4. The van der Waals surface area contributed by atoms with Gasteiger partial charge in [0.1, 0.15) is 6.61 Å². The van der Waals surface area contributed by atoms with E-state index in [-0.39, 0.29) is 24.3 Å². The van der Waals surface area contributed by atoms with E-state index in [9.17, 15) is 14.3 Å². The zero-order valence-corrected chi connectivity index (χ0v) is 16.1. The van der Waals surface area contributed by atoms with Crippen LogP contribution in [-0.2, 0) is 11.2 Å². The number of rotatable bonds is 5. The summed E-state index contributed by atoms with van der Waals surface area (Å²) >= 11 is 0. The average Bonchev–Trinajstić information content (AvgIpc) is 3.03. The largest absolute Gasteiger partial charge is 0.505 e. The molecule has 3 aromatic rings. The predicted octanol–water partition coefficient (Wildman–Crippen LogP) is 5.00. The van der Waals surface area contributed by atoms with Crippen LogP contribution >= 0.6 is 0 Å². The number of phenolic OH excluding ortho intramolecular Hbond substituents is 1. The molecule has 4 nitrogen and oxygen atoms in total. The van der Waals surface area contributed by atoms with Crippen molar-refractivity contribution in [1.29, 1.82) is 0 Å². The van der Waals surface area contributed by atoms with Crippen LogP contribution in [0.1, 0.15) is 29.5 Å². The average molecular weight is 391 g/mol. The molecule has 1 amide bonds. The predicted molar refractivity (Wildman–Crippen MR) is 109 cm³/mol. The van der Waals surface area contributed by atoms with Crippen molar-refractivity contribution in [2.45, 2.75) is 25.3 Å². The fourth-order valence-corrected chi connectivity index (χ4v) is 3.92. The van der Waals surface area contributed by atoms with Crippen molar-refractivity contribution in [3.05, 3.63) is 89.2 Å². The van der Waals surface area contributed by atoms with Gasteiger partial charge in [-0.25, -0.2) is 9.18 Å². The van der Waals surface area contributed by atoms with Crippen molar-refractivity contribution in [2.24, 2.45) is 0 Å². The van der Waals surface area contributed by atoms with Crippen LogP contribution in [0, 0.1) is 5.82 Å². The van der Waals surface area contributed by atoms with Crippen LogP contribution in [0.4, 0.5) is 9.18 Å². The molecule has 0 saturated carbocycles. The van der Waals surface area contributed by atoms with E-state index in [1.165, 1.54) is 23.3 Å². The molecule has 1 aliphatic rings. The molecule has 0 unspecified atom stereocenters. The molecule has 0 saturated heterocycles. The lowest BCUT2D eigenvalue weighted by atomic mass is 9.98. The number of phenols is 1. The molecular weight excluding hydrogens is 369 g/mol. The number of alkyl carbamates (subject to hydrolysis) is 1. The Kier molecular flexibility index (Phi) is 5.21. The molecule has 3 aromatic carbocycles. The maximum Gasteiger partial charge on any atom is 0.407 e. The highest BCUT2D eigenvalue weighted by atomic mass is 19.1. The lowest BCUT2D eigenvalue weighted by Crippen LogP contribution is -2.35. The monoisotopic (exact) mass is 391 g/mol. The number of hydrogen-bond acceptors (Lipinski definition) is 3. The van der Waals surface area contributed by atoms with Gasteiger partial charge in [0, 0.05) is 12.0 Å². The fourth-order valence-electron chi connectivity index (χ4n) is 3.92. The molecule has 0 fully saturated rings. The number of carbonyl (C=O) groups excluding carboxylic acids is 1. The molecule has 5 heteroatoms. The Hall–Kier alpha value is -3.34. The van der Waals surface area contributed by atoms with Crippen LogP contribution in [0.15, 0.2) is 66.7 Å². The van der Waals surface area contributed by atoms with E-state index in [4.69, 9.17) is 4.74 Å². The number of hydrogen-bond donors (Lipinski definition) is 2. The second-order valence-corrected chi connectivity index (χ2v) is 7.36. The summed E-state index contributed by atoms with van der Waals surface area (Å²) in [5.41, 5.74) is 5.37. The van der Waals surface area contributed by atoms with Gasteiger partial charge in [0.15, 0.2) is 11.6 Å². The second kappa shape index (κ2) is 7.95. The molecule has 0 spiro atoms. The van der Waals surface area contributed by atoms with Gasteiger partial charge in [-0.1, -0.05) is 54.6 Å². The van der Waals surface area contributed by atoms with Gasteiger partial charge in [0.2, 0.25) is 0 Å². The van der Waals surface area contributed by atoms with E-state index in [1.54, 1.807) is 6.07 Å². The van der Waals surface area contributed by atoms with Gasteiger partial charge < -0.3 is 15.2 Å². The van der Waals surface area contributed by atoms with Crippen molar-refractivity contribution in [3.8, 4) is 16.9 Å². The smallest absolute Gasteiger partial charge is 0.407 e. The number of aromatic hydroxyl groups is 1. The first-order valence-electron chi connectivity index (χ1n) is 9.62. The Morgan fingerprint density at radius 3 is 2.31 bits per heavy atom. The number of halogens is 1. The summed E-state index contributed by atoms with van der Waals surface area (Å²) in [7, 11) is 0. The van der Waals surface area contributed by atoms with E-state index in [2.05, 4.69) is 29.6 Å². The third-order valence-corrected chi connectivity index (χ3v) is 5.26. The van der Waals surface area contributed by atoms with Crippen molar-refractivity contribution < 1.29 is 19.0 Å². The SMILES string of the molecule is C[C@H](Cc1ccc(O)c(F)c1)NC(=O)OCC1c2ccccc2-c2ccccc21. The first-order chi connectivity index (χ1) is 14.0. The molecule has 1 atom stereocenters. The Labute approximate surface area is 169 Å². The van der Waals surface area contributed by atoms with E-state index in [0.717, 1.165) is 11.1 Å². The second-order valence-electron chi connectivity index (χ2n) is 7.36. The van der Waals surface area contributed by atoms with Crippen LogP contribution in [0.3, 0.4) is 0 Å². The van der Waals surface area contributed by atoms with Crippen LogP contribution in [0.5, 0.6) is 5.75 Å². The Bertz CT molecular complexity index is 1000. The number of ether oxygens (including phenoxy) is 1. The number of benzene rings is 3. The van der Waals surface area contributed by atoms with Crippen molar-refractivity contribution in [2.75, 3.05) is 6.61 Å². The van der Waals surface area contributed by atoms with Crippen LogP contribution in [0.25, 0.3) is 11.1 Å². The molecule has 0 heterocycles. The van der Waals surface area contributed by atoms with E-state index >= 15 is 0 Å². The Balaban J connectivity index is 1.38. The molecule has 2 N–H and O–H groups in total. The zero-order valence-electron chi connectivity index (χ0n) is 16.1. The van der Waals surface area contributed by atoms with E-state index in [0.29, 0.717) is 12.0 Å². The topological polar surface area (TPSA) is 58.6 Å². The lowest BCUT2D eigenvalue weighted by molar-refractivity contribution is 0.139. The van der Waals surface area contributed by atoms with Gasteiger partial charge in [0.05, 0.1) is 0 Å². The van der Waals surface area contributed by atoms with Gasteiger partial charge in [-0.15, -0.1) is 0 Å². The third-order valence-electron chi connectivity index (χ3n) is 5.26. The summed E-state index contributed by atoms with van der Waals surface area (Å²) in [6, 6.07) is 20.3. The molecule has 0 radical (unpaired) electrons. The van der Waals surface area contributed by atoms with Gasteiger partial charge in [-0.05, 0) is 53.3 Å². The van der Waals surface area contributed by atoms with Crippen LogP contribution in [-0.4, -0.2) is 23.8 Å². The third kappa shape index (κ3) is 3.94. The molecule has 1 aliphatic carbocycles. The van der Waals surface area contributed by atoms with E-state index in [1.807, 2.05) is 31.2 Å². The van der Waals surface area contributed by atoms with Crippen molar-refractivity contribution in [3.63, 3.8) is 0 Å². The summed E-state index contributed by atoms with van der Waals surface area (Å²) in [5, 5.41) is 12.1. The van der Waals surface area contributed by atoms with Gasteiger partial charge in [-0.3, -0.25) is 0 Å². The lowest BCUT2D eigenvalue weighted by Gasteiger charge is -2.17. The molecule has 4 rings (SSSR count). The summed E-state index contributed by atoms with van der Waals surface area (Å²) in [6.07, 6.45) is -0.0693. The Morgan fingerprint density at radius 1 is 1.07 bits per heavy atom. The maximum atomic E-state index is 13.5.